The van der Waals surface area contributed by atoms with Gasteiger partial charge in [-0.15, -0.1) is 0 Å². The highest BCUT2D eigenvalue weighted by molar-refractivity contribution is 5.88. The second-order valence-corrected chi connectivity index (χ2v) is 7.44. The molecule has 0 radical (unpaired) electrons. The molecule has 0 aliphatic heterocycles. The van der Waals surface area contributed by atoms with E-state index >= 15 is 0 Å². The SMILES string of the molecule is C[C@@H](N[C@H](c1c(F)c(F)c(F)c(F)c1F)c1c(O)ccc2ccccc12)c1ccccc1. The van der Waals surface area contributed by atoms with Crippen LogP contribution in [0.1, 0.15) is 35.7 Å². The van der Waals surface area contributed by atoms with Crippen LogP contribution in [0.2, 0.25) is 0 Å². The van der Waals surface area contributed by atoms with Gasteiger partial charge in [-0.2, -0.15) is 0 Å². The summed E-state index contributed by atoms with van der Waals surface area (Å²) >= 11 is 0. The number of hydrogen-bond donors (Lipinski definition) is 2. The number of halogens is 5. The minimum Gasteiger partial charge on any atom is -0.508 e. The summed E-state index contributed by atoms with van der Waals surface area (Å²) < 4.78 is 71.7. The van der Waals surface area contributed by atoms with Gasteiger partial charge in [-0.05, 0) is 29.3 Å². The van der Waals surface area contributed by atoms with Gasteiger partial charge in [0.1, 0.15) is 5.75 Å². The Bertz CT molecular complexity index is 1260. The molecule has 0 bridgehead atoms. The van der Waals surface area contributed by atoms with Gasteiger partial charge in [0.15, 0.2) is 23.3 Å². The lowest BCUT2D eigenvalue weighted by atomic mass is 9.90. The molecule has 0 heterocycles. The Morgan fingerprint density at radius 3 is 1.88 bits per heavy atom. The molecule has 0 saturated heterocycles. The average molecular weight is 443 g/mol. The maximum Gasteiger partial charge on any atom is 0.200 e. The van der Waals surface area contributed by atoms with Crippen LogP contribution in [0.25, 0.3) is 10.8 Å². The molecule has 2 N–H and O–H groups in total. The lowest BCUT2D eigenvalue weighted by Crippen LogP contribution is -2.28. The van der Waals surface area contributed by atoms with Crippen LogP contribution in [0.3, 0.4) is 0 Å². The molecular weight excluding hydrogens is 425 g/mol. The van der Waals surface area contributed by atoms with Crippen LogP contribution < -0.4 is 5.32 Å². The first-order valence-electron chi connectivity index (χ1n) is 9.84. The third-order valence-electron chi connectivity index (χ3n) is 5.49. The molecule has 32 heavy (non-hydrogen) atoms. The largest absolute Gasteiger partial charge is 0.508 e. The first-order chi connectivity index (χ1) is 15.3. The molecule has 4 aromatic rings. The van der Waals surface area contributed by atoms with E-state index in [1.165, 1.54) is 6.07 Å². The molecular formula is C25H18F5NO. The van der Waals surface area contributed by atoms with Crippen molar-refractivity contribution in [1.82, 2.24) is 5.32 Å². The average Bonchev–Trinajstić information content (AvgIpc) is 2.81. The van der Waals surface area contributed by atoms with E-state index in [1.807, 2.05) is 0 Å². The maximum absolute atomic E-state index is 14.9. The molecule has 4 aromatic carbocycles. The second-order valence-electron chi connectivity index (χ2n) is 7.44. The highest BCUT2D eigenvalue weighted by Gasteiger charge is 2.34. The predicted molar refractivity (Wildman–Crippen MR) is 112 cm³/mol. The van der Waals surface area contributed by atoms with E-state index in [0.29, 0.717) is 10.8 Å². The summed E-state index contributed by atoms with van der Waals surface area (Å²) in [6.07, 6.45) is 0. The molecule has 2 atom stereocenters. The summed E-state index contributed by atoms with van der Waals surface area (Å²) in [6, 6.07) is 16.4. The fraction of sp³-hybridized carbons (Fsp3) is 0.120. The molecule has 2 nitrogen and oxygen atoms in total. The molecule has 0 aromatic heterocycles. The monoisotopic (exact) mass is 443 g/mol. The number of phenols is 1. The standard InChI is InChI=1S/C25H18F5NO/c1-13(14-7-3-2-4-8-14)31-25(19-20(26)22(28)24(30)23(29)21(19)27)18-16-10-6-5-9-15(16)11-12-17(18)32/h2-13,25,31-32H,1H3/t13-,25+/m1/s1. The van der Waals surface area contributed by atoms with Crippen LogP contribution in [0, 0.1) is 29.1 Å². The van der Waals surface area contributed by atoms with Gasteiger partial charge in [0.2, 0.25) is 5.82 Å². The van der Waals surface area contributed by atoms with Crippen molar-refractivity contribution in [3.63, 3.8) is 0 Å². The first kappa shape index (κ1) is 21.8. The molecule has 0 saturated carbocycles. The third-order valence-corrected chi connectivity index (χ3v) is 5.49. The van der Waals surface area contributed by atoms with Crippen LogP contribution in [0.5, 0.6) is 5.75 Å². The van der Waals surface area contributed by atoms with Crippen LogP contribution in [-0.4, -0.2) is 5.11 Å². The lowest BCUT2D eigenvalue weighted by Gasteiger charge is -2.27. The fourth-order valence-corrected chi connectivity index (χ4v) is 3.86. The molecule has 0 aliphatic carbocycles. The Balaban J connectivity index is 1.99. The number of aromatic hydroxyl groups is 1. The molecule has 0 amide bonds. The van der Waals surface area contributed by atoms with Crippen LogP contribution >= 0.6 is 0 Å². The number of hydrogen-bond acceptors (Lipinski definition) is 2. The summed E-state index contributed by atoms with van der Waals surface area (Å²) in [6.45, 7) is 1.69. The fourth-order valence-electron chi connectivity index (χ4n) is 3.86. The quantitative estimate of drug-likeness (QED) is 0.205. The Kier molecular flexibility index (Phi) is 5.84. The van der Waals surface area contributed by atoms with E-state index in [4.69, 9.17) is 0 Å². The molecule has 0 spiro atoms. The van der Waals surface area contributed by atoms with Crippen molar-refractivity contribution in [3.8, 4) is 5.75 Å². The van der Waals surface area contributed by atoms with E-state index in [0.717, 1.165) is 5.56 Å². The van der Waals surface area contributed by atoms with Crippen molar-refractivity contribution in [2.45, 2.75) is 19.0 Å². The number of fused-ring (bicyclic) bond motifs is 1. The van der Waals surface area contributed by atoms with Crippen molar-refractivity contribution in [2.24, 2.45) is 0 Å². The lowest BCUT2D eigenvalue weighted by molar-refractivity contribution is 0.356. The molecule has 164 valence electrons. The van der Waals surface area contributed by atoms with Gasteiger partial charge in [0.05, 0.1) is 11.6 Å². The van der Waals surface area contributed by atoms with E-state index in [-0.39, 0.29) is 11.3 Å². The second kappa shape index (κ2) is 8.59. The van der Waals surface area contributed by atoms with Gasteiger partial charge < -0.3 is 5.11 Å². The smallest absolute Gasteiger partial charge is 0.200 e. The van der Waals surface area contributed by atoms with Gasteiger partial charge in [-0.25, -0.2) is 22.0 Å². The Labute approximate surface area is 180 Å². The molecule has 0 aliphatic rings. The first-order valence-corrected chi connectivity index (χ1v) is 9.84. The normalized spacial score (nSPS) is 13.3. The number of rotatable bonds is 5. The summed E-state index contributed by atoms with van der Waals surface area (Å²) in [5.41, 5.74) is -0.328. The maximum atomic E-state index is 14.9. The number of benzene rings is 4. The summed E-state index contributed by atoms with van der Waals surface area (Å²) in [7, 11) is 0. The minimum absolute atomic E-state index is 0.00842. The van der Waals surface area contributed by atoms with Gasteiger partial charge in [0.25, 0.3) is 0 Å². The van der Waals surface area contributed by atoms with Crippen LogP contribution in [0.15, 0.2) is 66.7 Å². The van der Waals surface area contributed by atoms with Crippen LogP contribution in [-0.2, 0) is 0 Å². The van der Waals surface area contributed by atoms with E-state index in [2.05, 4.69) is 5.32 Å². The van der Waals surface area contributed by atoms with Crippen LogP contribution in [0.4, 0.5) is 22.0 Å². The van der Waals surface area contributed by atoms with Gasteiger partial charge in [0, 0.05) is 11.6 Å². The zero-order valence-electron chi connectivity index (χ0n) is 16.8. The van der Waals surface area contributed by atoms with Crippen molar-refractivity contribution < 1.29 is 27.1 Å². The van der Waals surface area contributed by atoms with E-state index in [9.17, 15) is 27.1 Å². The Morgan fingerprint density at radius 2 is 1.22 bits per heavy atom. The summed E-state index contributed by atoms with van der Waals surface area (Å²) in [5.74, 6) is -10.6. The predicted octanol–water partition coefficient (Wildman–Crippen LogP) is 6.68. The zero-order valence-corrected chi connectivity index (χ0v) is 16.8. The third kappa shape index (κ3) is 3.69. The minimum atomic E-state index is -2.24. The zero-order chi connectivity index (χ0) is 23.0. The van der Waals surface area contributed by atoms with Crippen molar-refractivity contribution >= 4 is 10.8 Å². The summed E-state index contributed by atoms with van der Waals surface area (Å²) in [4.78, 5) is 0. The van der Waals surface area contributed by atoms with E-state index < -0.39 is 46.7 Å². The van der Waals surface area contributed by atoms with E-state index in [1.54, 1.807) is 67.6 Å². The van der Waals surface area contributed by atoms with Crippen molar-refractivity contribution in [1.29, 1.82) is 0 Å². The van der Waals surface area contributed by atoms with Gasteiger partial charge in [-0.3, -0.25) is 5.32 Å². The highest BCUT2D eigenvalue weighted by atomic mass is 19.2. The molecule has 7 heteroatoms. The Morgan fingerprint density at radius 1 is 0.656 bits per heavy atom. The topological polar surface area (TPSA) is 32.3 Å². The Hall–Kier alpha value is -3.45. The molecule has 4 rings (SSSR count). The summed E-state index contributed by atoms with van der Waals surface area (Å²) in [5, 5.41) is 14.7. The number of phenolic OH excluding ortho intramolecular Hbond substituents is 1. The van der Waals surface area contributed by atoms with Gasteiger partial charge in [-0.1, -0.05) is 60.7 Å². The molecule has 0 unspecified atom stereocenters. The van der Waals surface area contributed by atoms with Crippen molar-refractivity contribution in [2.75, 3.05) is 0 Å². The van der Waals surface area contributed by atoms with Gasteiger partial charge >= 0.3 is 0 Å². The molecule has 0 fully saturated rings. The van der Waals surface area contributed by atoms with Crippen molar-refractivity contribution in [3.05, 3.63) is 113 Å². The number of nitrogens with one attached hydrogen (secondary N) is 1. The highest BCUT2D eigenvalue weighted by Crippen LogP contribution is 2.40.